The molecule has 5 nitrogen and oxygen atoms in total. The highest BCUT2D eigenvalue weighted by Gasteiger charge is 2.15. The molecule has 0 radical (unpaired) electrons. The molecule has 0 atom stereocenters. The fraction of sp³-hybridized carbons (Fsp3) is 0.333. The molecule has 0 aliphatic rings. The van der Waals surface area contributed by atoms with Crippen molar-refractivity contribution in [3.63, 3.8) is 0 Å². The Bertz CT molecular complexity index is 672. The van der Waals surface area contributed by atoms with Crippen LogP contribution in [-0.4, -0.2) is 19.2 Å². The second-order valence-corrected chi connectivity index (χ2v) is 4.18. The number of hydrogen-bond acceptors (Lipinski definition) is 5. The molecule has 0 aliphatic carbocycles. The Labute approximate surface area is 116 Å². The summed E-state index contributed by atoms with van der Waals surface area (Å²) in [6.07, 6.45) is 0.832. The number of hydrogen-bond donors (Lipinski definition) is 0. The van der Waals surface area contributed by atoms with Crippen LogP contribution in [0.2, 0.25) is 0 Å². The SMILES string of the molecule is CCCOc1cccc2c(=O)cc(C(=O)OCC)oc12. The summed E-state index contributed by atoms with van der Waals surface area (Å²) in [5.41, 5.74) is -0.0206. The van der Waals surface area contributed by atoms with E-state index >= 15 is 0 Å². The van der Waals surface area contributed by atoms with Crippen LogP contribution in [-0.2, 0) is 4.74 Å². The lowest BCUT2D eigenvalue weighted by Crippen LogP contribution is -2.10. The van der Waals surface area contributed by atoms with Crippen LogP contribution < -0.4 is 10.2 Å². The van der Waals surface area contributed by atoms with Gasteiger partial charge in [-0.2, -0.15) is 0 Å². The number of ether oxygens (including phenoxy) is 2. The molecule has 0 saturated heterocycles. The third-order valence-corrected chi connectivity index (χ3v) is 2.66. The van der Waals surface area contributed by atoms with Crippen molar-refractivity contribution in [2.75, 3.05) is 13.2 Å². The first-order chi connectivity index (χ1) is 9.67. The van der Waals surface area contributed by atoms with Gasteiger partial charge in [0.1, 0.15) is 0 Å². The normalized spacial score (nSPS) is 10.5. The number of rotatable bonds is 5. The molecular weight excluding hydrogens is 260 g/mol. The topological polar surface area (TPSA) is 65.7 Å². The monoisotopic (exact) mass is 276 g/mol. The Morgan fingerprint density at radius 3 is 2.80 bits per heavy atom. The predicted octanol–water partition coefficient (Wildman–Crippen LogP) is 2.76. The molecule has 1 aromatic carbocycles. The van der Waals surface area contributed by atoms with Gasteiger partial charge in [-0.05, 0) is 25.5 Å². The zero-order chi connectivity index (χ0) is 14.5. The maximum Gasteiger partial charge on any atom is 0.374 e. The number of benzene rings is 1. The van der Waals surface area contributed by atoms with E-state index in [0.29, 0.717) is 17.7 Å². The molecule has 106 valence electrons. The lowest BCUT2D eigenvalue weighted by Gasteiger charge is -2.08. The van der Waals surface area contributed by atoms with Crippen molar-refractivity contribution in [1.29, 1.82) is 0 Å². The van der Waals surface area contributed by atoms with Gasteiger partial charge in [-0.3, -0.25) is 4.79 Å². The maximum absolute atomic E-state index is 12.0. The first-order valence-corrected chi connectivity index (χ1v) is 6.54. The summed E-state index contributed by atoms with van der Waals surface area (Å²) >= 11 is 0. The summed E-state index contributed by atoms with van der Waals surface area (Å²) < 4.78 is 15.9. The number of carbonyl (C=O) groups excluding carboxylic acids is 1. The van der Waals surface area contributed by atoms with Gasteiger partial charge in [0.25, 0.3) is 0 Å². The molecule has 2 rings (SSSR count). The average Bonchev–Trinajstić information content (AvgIpc) is 2.45. The largest absolute Gasteiger partial charge is 0.490 e. The molecule has 0 N–H and O–H groups in total. The molecule has 0 bridgehead atoms. The molecule has 0 saturated carbocycles. The van der Waals surface area contributed by atoms with E-state index in [1.807, 2.05) is 6.92 Å². The summed E-state index contributed by atoms with van der Waals surface area (Å²) in [4.78, 5) is 23.7. The number of esters is 1. The van der Waals surface area contributed by atoms with E-state index in [1.165, 1.54) is 0 Å². The van der Waals surface area contributed by atoms with Gasteiger partial charge in [0.05, 0.1) is 18.6 Å². The summed E-state index contributed by atoms with van der Waals surface area (Å²) in [6, 6.07) is 6.20. The molecule has 5 heteroatoms. The third kappa shape index (κ3) is 2.82. The van der Waals surface area contributed by atoms with Crippen LogP contribution in [0.3, 0.4) is 0 Å². The Balaban J connectivity index is 2.55. The summed E-state index contributed by atoms with van der Waals surface area (Å²) in [6.45, 7) is 4.39. The van der Waals surface area contributed by atoms with E-state index < -0.39 is 5.97 Å². The van der Waals surface area contributed by atoms with Gasteiger partial charge in [0.2, 0.25) is 5.76 Å². The Kier molecular flexibility index (Phi) is 4.40. The van der Waals surface area contributed by atoms with Crippen molar-refractivity contribution in [3.05, 3.63) is 40.2 Å². The summed E-state index contributed by atoms with van der Waals surface area (Å²) in [5, 5.41) is 0.381. The molecule has 2 aromatic rings. The predicted molar refractivity (Wildman–Crippen MR) is 74.2 cm³/mol. The van der Waals surface area contributed by atoms with E-state index in [4.69, 9.17) is 13.9 Å². The van der Waals surface area contributed by atoms with Crippen molar-refractivity contribution in [3.8, 4) is 5.75 Å². The molecule has 20 heavy (non-hydrogen) atoms. The van der Waals surface area contributed by atoms with Crippen LogP contribution in [0.15, 0.2) is 33.5 Å². The van der Waals surface area contributed by atoms with E-state index in [9.17, 15) is 9.59 Å². The van der Waals surface area contributed by atoms with Gasteiger partial charge < -0.3 is 13.9 Å². The quantitative estimate of drug-likeness (QED) is 0.785. The van der Waals surface area contributed by atoms with Gasteiger partial charge in [-0.15, -0.1) is 0 Å². The fourth-order valence-electron chi connectivity index (χ4n) is 1.78. The number of fused-ring (bicyclic) bond motifs is 1. The highest BCUT2D eigenvalue weighted by atomic mass is 16.5. The first-order valence-electron chi connectivity index (χ1n) is 6.54. The standard InChI is InChI=1S/C15H16O5/c1-3-8-19-12-7-5-6-10-11(16)9-13(20-14(10)12)15(17)18-4-2/h5-7,9H,3-4,8H2,1-2H3. The molecule has 0 unspecified atom stereocenters. The number of carbonyl (C=O) groups is 1. The molecule has 1 heterocycles. The lowest BCUT2D eigenvalue weighted by molar-refractivity contribution is 0.0490. The van der Waals surface area contributed by atoms with Crippen LogP contribution in [0, 0.1) is 0 Å². The molecule has 1 aromatic heterocycles. The molecule has 0 spiro atoms. The third-order valence-electron chi connectivity index (χ3n) is 2.66. The van der Waals surface area contributed by atoms with Gasteiger partial charge in [-0.1, -0.05) is 13.0 Å². The second kappa shape index (κ2) is 6.23. The Morgan fingerprint density at radius 1 is 1.30 bits per heavy atom. The Morgan fingerprint density at radius 2 is 2.10 bits per heavy atom. The summed E-state index contributed by atoms with van der Waals surface area (Å²) in [5.74, 6) is -0.318. The Hall–Kier alpha value is -2.30. The van der Waals surface area contributed by atoms with Crippen molar-refractivity contribution in [1.82, 2.24) is 0 Å². The van der Waals surface area contributed by atoms with E-state index in [-0.39, 0.29) is 23.4 Å². The molecule has 0 amide bonds. The maximum atomic E-state index is 12.0. The van der Waals surface area contributed by atoms with Crippen LogP contribution in [0.1, 0.15) is 30.8 Å². The van der Waals surface area contributed by atoms with Crippen LogP contribution in [0.5, 0.6) is 5.75 Å². The molecular formula is C15H16O5. The number of para-hydroxylation sites is 1. The minimum absolute atomic E-state index is 0.114. The highest BCUT2D eigenvalue weighted by molar-refractivity contribution is 5.90. The van der Waals surface area contributed by atoms with Crippen LogP contribution in [0.25, 0.3) is 11.0 Å². The fourth-order valence-corrected chi connectivity index (χ4v) is 1.78. The van der Waals surface area contributed by atoms with Crippen molar-refractivity contribution >= 4 is 16.9 Å². The van der Waals surface area contributed by atoms with Gasteiger partial charge in [0.15, 0.2) is 16.8 Å². The van der Waals surface area contributed by atoms with E-state index in [0.717, 1.165) is 12.5 Å². The summed E-state index contributed by atoms with van der Waals surface area (Å²) in [7, 11) is 0. The van der Waals surface area contributed by atoms with E-state index in [1.54, 1.807) is 25.1 Å². The van der Waals surface area contributed by atoms with Crippen molar-refractivity contribution in [2.24, 2.45) is 0 Å². The van der Waals surface area contributed by atoms with Crippen molar-refractivity contribution in [2.45, 2.75) is 20.3 Å². The zero-order valence-corrected chi connectivity index (χ0v) is 11.5. The second-order valence-electron chi connectivity index (χ2n) is 4.18. The highest BCUT2D eigenvalue weighted by Crippen LogP contribution is 2.24. The van der Waals surface area contributed by atoms with Crippen LogP contribution in [0.4, 0.5) is 0 Å². The minimum atomic E-state index is -0.656. The average molecular weight is 276 g/mol. The zero-order valence-electron chi connectivity index (χ0n) is 11.5. The van der Waals surface area contributed by atoms with Gasteiger partial charge in [-0.25, -0.2) is 4.79 Å². The van der Waals surface area contributed by atoms with Crippen molar-refractivity contribution < 1.29 is 18.7 Å². The minimum Gasteiger partial charge on any atom is -0.490 e. The smallest absolute Gasteiger partial charge is 0.374 e. The van der Waals surface area contributed by atoms with Gasteiger partial charge in [0, 0.05) is 6.07 Å². The van der Waals surface area contributed by atoms with Crippen LogP contribution >= 0.6 is 0 Å². The van der Waals surface area contributed by atoms with Gasteiger partial charge >= 0.3 is 5.97 Å². The lowest BCUT2D eigenvalue weighted by atomic mass is 10.2. The van der Waals surface area contributed by atoms with E-state index in [2.05, 4.69) is 0 Å². The first kappa shape index (κ1) is 14.1. The molecule has 0 fully saturated rings. The molecule has 0 aliphatic heterocycles.